The van der Waals surface area contributed by atoms with Gasteiger partial charge in [-0.3, -0.25) is 0 Å². The lowest BCUT2D eigenvalue weighted by Gasteiger charge is -2.30. The minimum Gasteiger partial charge on any atom is -0.373 e. The molecule has 0 spiro atoms. The summed E-state index contributed by atoms with van der Waals surface area (Å²) < 4.78 is 10.8. The molecule has 168 valence electrons. The van der Waals surface area contributed by atoms with E-state index in [1.807, 2.05) is 34.7 Å². The molecule has 2 fully saturated rings. The first kappa shape index (κ1) is 31.5. The van der Waals surface area contributed by atoms with Gasteiger partial charge in [0.25, 0.3) is 0 Å². The van der Waals surface area contributed by atoms with E-state index in [1.165, 1.54) is 0 Å². The fourth-order valence-corrected chi connectivity index (χ4v) is 2.21. The van der Waals surface area contributed by atoms with Gasteiger partial charge in [0.1, 0.15) is 0 Å². The SMILES string of the molecule is CC.CC.CC1(C)CNCCO1.CC1(C)CNCCO1.CNCC(C)(C)C. The Morgan fingerprint density at radius 3 is 1.19 bits per heavy atom. The quantitative estimate of drug-likeness (QED) is 0.629. The Hall–Kier alpha value is -0.200. The topological polar surface area (TPSA) is 54.5 Å². The lowest BCUT2D eigenvalue weighted by atomic mass is 9.97. The second-order valence-electron chi connectivity index (χ2n) is 8.66. The van der Waals surface area contributed by atoms with E-state index in [0.717, 1.165) is 45.9 Å². The van der Waals surface area contributed by atoms with Crippen molar-refractivity contribution in [1.29, 1.82) is 0 Å². The molecule has 2 aliphatic rings. The van der Waals surface area contributed by atoms with Gasteiger partial charge in [0.2, 0.25) is 0 Å². The average Bonchev–Trinajstić information content (AvgIpc) is 2.58. The van der Waals surface area contributed by atoms with Gasteiger partial charge in [-0.25, -0.2) is 0 Å². The summed E-state index contributed by atoms with van der Waals surface area (Å²) >= 11 is 0. The van der Waals surface area contributed by atoms with Crippen LogP contribution in [0.1, 0.15) is 76.2 Å². The molecule has 5 heteroatoms. The van der Waals surface area contributed by atoms with Crippen molar-refractivity contribution in [2.24, 2.45) is 5.41 Å². The third-order valence-corrected chi connectivity index (χ3v) is 3.35. The molecule has 0 bridgehead atoms. The molecule has 2 aliphatic heterocycles. The molecule has 2 rings (SSSR count). The van der Waals surface area contributed by atoms with E-state index in [-0.39, 0.29) is 11.2 Å². The Morgan fingerprint density at radius 2 is 1.11 bits per heavy atom. The van der Waals surface area contributed by atoms with Gasteiger partial charge in [0.05, 0.1) is 24.4 Å². The van der Waals surface area contributed by atoms with E-state index in [2.05, 4.69) is 64.4 Å². The van der Waals surface area contributed by atoms with Gasteiger partial charge in [-0.1, -0.05) is 48.5 Å². The molecule has 2 heterocycles. The van der Waals surface area contributed by atoms with Crippen LogP contribution >= 0.6 is 0 Å². The van der Waals surface area contributed by atoms with E-state index in [1.54, 1.807) is 0 Å². The maximum Gasteiger partial charge on any atom is 0.0750 e. The highest BCUT2D eigenvalue weighted by atomic mass is 16.5. The summed E-state index contributed by atoms with van der Waals surface area (Å²) in [4.78, 5) is 0. The van der Waals surface area contributed by atoms with Crippen molar-refractivity contribution in [3.8, 4) is 0 Å². The van der Waals surface area contributed by atoms with E-state index in [4.69, 9.17) is 9.47 Å². The number of hydrogen-bond acceptors (Lipinski definition) is 5. The standard InChI is InChI=1S/2C6H13NO.C6H15N.2C2H6/c2*1-6(2)5-7-3-4-8-6;1-6(2,3)5-7-4;2*1-2/h2*7H,3-5H2,1-2H3;7H,5H2,1-4H3;2*1-2H3. The van der Waals surface area contributed by atoms with Crippen LogP contribution in [0.15, 0.2) is 0 Å². The van der Waals surface area contributed by atoms with Crippen LogP contribution in [0.4, 0.5) is 0 Å². The molecule has 5 nitrogen and oxygen atoms in total. The smallest absolute Gasteiger partial charge is 0.0750 e. The third-order valence-electron chi connectivity index (χ3n) is 3.35. The highest BCUT2D eigenvalue weighted by molar-refractivity contribution is 4.75. The molecule has 27 heavy (non-hydrogen) atoms. The highest BCUT2D eigenvalue weighted by Crippen LogP contribution is 2.10. The molecular weight excluding hydrogens is 338 g/mol. The highest BCUT2D eigenvalue weighted by Gasteiger charge is 2.21. The average molecular weight is 392 g/mol. The molecule has 0 amide bonds. The van der Waals surface area contributed by atoms with Crippen molar-refractivity contribution in [2.45, 2.75) is 87.4 Å². The van der Waals surface area contributed by atoms with Crippen molar-refractivity contribution in [2.75, 3.05) is 53.0 Å². The van der Waals surface area contributed by atoms with Crippen LogP contribution in [0, 0.1) is 5.41 Å². The molecule has 0 saturated carbocycles. The van der Waals surface area contributed by atoms with Crippen LogP contribution in [0.2, 0.25) is 0 Å². The minimum absolute atomic E-state index is 0.0677. The first-order valence-electron chi connectivity index (χ1n) is 10.8. The maximum atomic E-state index is 5.40. The summed E-state index contributed by atoms with van der Waals surface area (Å²) in [6.45, 7) is 29.8. The first-order chi connectivity index (χ1) is 12.5. The van der Waals surface area contributed by atoms with Gasteiger partial charge < -0.3 is 25.4 Å². The van der Waals surface area contributed by atoms with Crippen molar-refractivity contribution in [3.05, 3.63) is 0 Å². The first-order valence-corrected chi connectivity index (χ1v) is 10.8. The van der Waals surface area contributed by atoms with Crippen molar-refractivity contribution < 1.29 is 9.47 Å². The zero-order chi connectivity index (χ0) is 22.0. The molecule has 0 aromatic heterocycles. The summed E-state index contributed by atoms with van der Waals surface area (Å²) in [6, 6.07) is 0. The maximum absolute atomic E-state index is 5.40. The largest absolute Gasteiger partial charge is 0.373 e. The van der Waals surface area contributed by atoms with Gasteiger partial charge in [-0.15, -0.1) is 0 Å². The Kier molecular flexibility index (Phi) is 20.8. The van der Waals surface area contributed by atoms with Gasteiger partial charge in [0, 0.05) is 26.2 Å². The number of hydrogen-bond donors (Lipinski definition) is 3. The van der Waals surface area contributed by atoms with Crippen LogP contribution < -0.4 is 16.0 Å². The lowest BCUT2D eigenvalue weighted by molar-refractivity contribution is -0.0387. The minimum atomic E-state index is 0.0677. The molecule has 0 atom stereocenters. The van der Waals surface area contributed by atoms with Crippen molar-refractivity contribution >= 4 is 0 Å². The zero-order valence-corrected chi connectivity index (χ0v) is 20.8. The molecule has 0 aliphatic carbocycles. The molecule has 0 aromatic carbocycles. The second kappa shape index (κ2) is 17.9. The lowest BCUT2D eigenvalue weighted by Crippen LogP contribution is -2.45. The van der Waals surface area contributed by atoms with Crippen LogP contribution in [-0.4, -0.2) is 64.2 Å². The third kappa shape index (κ3) is 25.8. The molecule has 0 unspecified atom stereocenters. The van der Waals surface area contributed by atoms with Gasteiger partial charge in [0.15, 0.2) is 0 Å². The summed E-state index contributed by atoms with van der Waals surface area (Å²) in [5.74, 6) is 0. The van der Waals surface area contributed by atoms with Crippen molar-refractivity contribution in [3.63, 3.8) is 0 Å². The Morgan fingerprint density at radius 1 is 0.778 bits per heavy atom. The van der Waals surface area contributed by atoms with Crippen LogP contribution in [0.25, 0.3) is 0 Å². The van der Waals surface area contributed by atoms with Gasteiger partial charge >= 0.3 is 0 Å². The fourth-order valence-electron chi connectivity index (χ4n) is 2.21. The fraction of sp³-hybridized carbons (Fsp3) is 1.00. The Bertz CT molecular complexity index is 262. The Labute approximate surface area is 171 Å². The second-order valence-corrected chi connectivity index (χ2v) is 8.66. The molecule has 0 radical (unpaired) electrons. The summed E-state index contributed by atoms with van der Waals surface area (Å²) in [7, 11) is 1.98. The van der Waals surface area contributed by atoms with Crippen molar-refractivity contribution in [1.82, 2.24) is 16.0 Å². The van der Waals surface area contributed by atoms with E-state index in [0.29, 0.717) is 5.41 Å². The molecule has 2 saturated heterocycles. The summed E-state index contributed by atoms with van der Waals surface area (Å²) in [5.41, 5.74) is 0.575. The molecule has 3 N–H and O–H groups in total. The van der Waals surface area contributed by atoms with Gasteiger partial charge in [-0.2, -0.15) is 0 Å². The number of rotatable bonds is 1. The van der Waals surface area contributed by atoms with E-state index >= 15 is 0 Å². The molecule has 0 aromatic rings. The summed E-state index contributed by atoms with van der Waals surface area (Å²) in [6.07, 6.45) is 0. The Balaban J connectivity index is -0.000000293. The predicted molar refractivity (Wildman–Crippen MR) is 122 cm³/mol. The number of ether oxygens (including phenoxy) is 2. The van der Waals surface area contributed by atoms with Crippen LogP contribution in [-0.2, 0) is 9.47 Å². The number of nitrogens with one attached hydrogen (secondary N) is 3. The normalized spacial score (nSPS) is 20.0. The van der Waals surface area contributed by atoms with E-state index < -0.39 is 0 Å². The van der Waals surface area contributed by atoms with Crippen LogP contribution in [0.5, 0.6) is 0 Å². The van der Waals surface area contributed by atoms with Gasteiger partial charge in [-0.05, 0) is 46.7 Å². The predicted octanol–water partition coefficient (Wildman–Crippen LogP) is 4.07. The number of morpholine rings is 2. The molecular formula is C22H53N3O2. The monoisotopic (exact) mass is 391 g/mol. The van der Waals surface area contributed by atoms with Crippen LogP contribution in [0.3, 0.4) is 0 Å². The zero-order valence-electron chi connectivity index (χ0n) is 20.8. The van der Waals surface area contributed by atoms with E-state index in [9.17, 15) is 0 Å². The summed E-state index contributed by atoms with van der Waals surface area (Å²) in [5, 5.41) is 9.61.